The van der Waals surface area contributed by atoms with E-state index in [2.05, 4.69) is 5.32 Å². The van der Waals surface area contributed by atoms with Gasteiger partial charge in [-0.2, -0.15) is 0 Å². The SMILES string of the molecule is CC(Cl)C(=O)NC(=O)N1CCS(=O)(=O)CC1C. The maximum Gasteiger partial charge on any atom is 0.324 e. The van der Waals surface area contributed by atoms with E-state index in [9.17, 15) is 18.0 Å². The minimum absolute atomic E-state index is 0.0740. The molecular formula is C9H15ClN2O4S. The van der Waals surface area contributed by atoms with Crippen molar-refractivity contribution in [2.75, 3.05) is 18.1 Å². The Morgan fingerprint density at radius 3 is 2.53 bits per heavy atom. The molecule has 2 unspecified atom stereocenters. The van der Waals surface area contributed by atoms with Crippen molar-refractivity contribution in [3.05, 3.63) is 0 Å². The van der Waals surface area contributed by atoms with Crippen LogP contribution in [0, 0.1) is 0 Å². The number of nitrogens with one attached hydrogen (secondary N) is 1. The monoisotopic (exact) mass is 282 g/mol. The molecule has 0 aromatic carbocycles. The summed E-state index contributed by atoms with van der Waals surface area (Å²) >= 11 is 5.51. The second kappa shape index (κ2) is 5.22. The molecule has 0 bridgehead atoms. The summed E-state index contributed by atoms with van der Waals surface area (Å²) in [5, 5.41) is 1.33. The minimum atomic E-state index is -3.08. The predicted molar refractivity (Wildman–Crippen MR) is 63.7 cm³/mol. The van der Waals surface area contributed by atoms with E-state index in [-0.39, 0.29) is 18.1 Å². The number of amides is 3. The molecule has 1 fully saturated rings. The third-order valence-corrected chi connectivity index (χ3v) is 4.52. The lowest BCUT2D eigenvalue weighted by Crippen LogP contribution is -2.54. The average Bonchev–Trinajstić information content (AvgIpc) is 2.15. The number of carbonyl (C=O) groups is 2. The van der Waals surface area contributed by atoms with Gasteiger partial charge in [-0.25, -0.2) is 13.2 Å². The lowest BCUT2D eigenvalue weighted by molar-refractivity contribution is -0.119. The first-order valence-corrected chi connectivity index (χ1v) is 7.44. The van der Waals surface area contributed by atoms with Gasteiger partial charge in [0, 0.05) is 12.6 Å². The van der Waals surface area contributed by atoms with Crippen LogP contribution in [0.5, 0.6) is 0 Å². The van der Waals surface area contributed by atoms with Crippen LogP contribution in [0.2, 0.25) is 0 Å². The summed E-state index contributed by atoms with van der Waals surface area (Å²) in [6, 6.07) is -1.03. The van der Waals surface area contributed by atoms with Gasteiger partial charge >= 0.3 is 6.03 Å². The Bertz CT molecular complexity index is 421. The summed E-state index contributed by atoms with van der Waals surface area (Å²) in [5.41, 5.74) is 0. The zero-order chi connectivity index (χ0) is 13.2. The standard InChI is InChI=1S/C9H15ClN2O4S/c1-6-5-17(15,16)4-3-12(6)9(14)11-8(13)7(2)10/h6-7H,3-5H2,1-2H3,(H,11,13,14). The normalized spacial score (nSPS) is 25.1. The van der Waals surface area contributed by atoms with Crippen molar-refractivity contribution < 1.29 is 18.0 Å². The molecule has 0 spiro atoms. The molecule has 1 rings (SSSR count). The molecule has 3 amide bonds. The molecular weight excluding hydrogens is 268 g/mol. The molecule has 17 heavy (non-hydrogen) atoms. The maximum atomic E-state index is 11.7. The van der Waals surface area contributed by atoms with Crippen LogP contribution in [0.25, 0.3) is 0 Å². The van der Waals surface area contributed by atoms with E-state index in [1.54, 1.807) is 6.92 Å². The number of alkyl halides is 1. The van der Waals surface area contributed by atoms with E-state index in [1.807, 2.05) is 0 Å². The van der Waals surface area contributed by atoms with Gasteiger partial charge in [-0.05, 0) is 13.8 Å². The second-order valence-corrected chi connectivity index (χ2v) is 6.95. The van der Waals surface area contributed by atoms with Gasteiger partial charge in [-0.15, -0.1) is 11.6 Å². The van der Waals surface area contributed by atoms with Crippen LogP contribution in [0.3, 0.4) is 0 Å². The fraction of sp³-hybridized carbons (Fsp3) is 0.778. The molecule has 1 heterocycles. The van der Waals surface area contributed by atoms with Gasteiger partial charge in [0.2, 0.25) is 5.91 Å². The van der Waals surface area contributed by atoms with E-state index in [0.717, 1.165) is 0 Å². The summed E-state index contributed by atoms with van der Waals surface area (Å²) in [6.07, 6.45) is 0. The number of sulfone groups is 1. The van der Waals surface area contributed by atoms with Gasteiger partial charge in [0.1, 0.15) is 5.38 Å². The zero-order valence-electron chi connectivity index (χ0n) is 9.64. The highest BCUT2D eigenvalue weighted by Gasteiger charge is 2.32. The Balaban J connectivity index is 2.63. The summed E-state index contributed by atoms with van der Waals surface area (Å²) in [7, 11) is -3.08. The molecule has 1 aliphatic rings. The van der Waals surface area contributed by atoms with Crippen molar-refractivity contribution in [3.8, 4) is 0 Å². The second-order valence-electron chi connectivity index (χ2n) is 4.07. The first kappa shape index (κ1) is 14.2. The van der Waals surface area contributed by atoms with Crippen molar-refractivity contribution in [3.63, 3.8) is 0 Å². The number of imide groups is 1. The van der Waals surface area contributed by atoms with Crippen LogP contribution in [0.4, 0.5) is 4.79 Å². The maximum absolute atomic E-state index is 11.7. The molecule has 1 N–H and O–H groups in total. The van der Waals surface area contributed by atoms with E-state index >= 15 is 0 Å². The highest BCUT2D eigenvalue weighted by Crippen LogP contribution is 2.11. The van der Waals surface area contributed by atoms with Crippen molar-refractivity contribution in [1.29, 1.82) is 0 Å². The first-order chi connectivity index (χ1) is 7.73. The molecule has 6 nitrogen and oxygen atoms in total. The van der Waals surface area contributed by atoms with Gasteiger partial charge in [0.25, 0.3) is 0 Å². The molecule has 8 heteroatoms. The first-order valence-electron chi connectivity index (χ1n) is 5.19. The lowest BCUT2D eigenvalue weighted by atomic mass is 10.3. The number of hydrogen-bond donors (Lipinski definition) is 1. The number of urea groups is 1. The molecule has 1 aliphatic heterocycles. The number of rotatable bonds is 1. The van der Waals surface area contributed by atoms with Crippen LogP contribution in [-0.2, 0) is 14.6 Å². The van der Waals surface area contributed by atoms with Gasteiger partial charge in [0.05, 0.1) is 11.5 Å². The highest BCUT2D eigenvalue weighted by molar-refractivity contribution is 7.91. The van der Waals surface area contributed by atoms with Crippen LogP contribution >= 0.6 is 11.6 Å². The number of halogens is 1. The van der Waals surface area contributed by atoms with Crippen LogP contribution in [0.1, 0.15) is 13.8 Å². The van der Waals surface area contributed by atoms with Crippen LogP contribution in [-0.4, -0.2) is 54.7 Å². The van der Waals surface area contributed by atoms with Gasteiger partial charge in [0.15, 0.2) is 9.84 Å². The Hall–Kier alpha value is -0.820. The minimum Gasteiger partial charge on any atom is -0.320 e. The Morgan fingerprint density at radius 1 is 1.47 bits per heavy atom. The van der Waals surface area contributed by atoms with Crippen molar-refractivity contribution >= 4 is 33.4 Å². The average molecular weight is 283 g/mol. The molecule has 0 saturated carbocycles. The summed E-state index contributed by atoms with van der Waals surface area (Å²) in [4.78, 5) is 24.2. The summed E-state index contributed by atoms with van der Waals surface area (Å²) in [6.45, 7) is 3.18. The molecule has 2 atom stereocenters. The smallest absolute Gasteiger partial charge is 0.320 e. The number of nitrogens with zero attached hydrogens (tertiary/aromatic N) is 1. The van der Waals surface area contributed by atoms with Crippen molar-refractivity contribution in [2.24, 2.45) is 0 Å². The van der Waals surface area contributed by atoms with E-state index in [1.165, 1.54) is 11.8 Å². The largest absolute Gasteiger partial charge is 0.324 e. The fourth-order valence-corrected chi connectivity index (χ4v) is 3.19. The third-order valence-electron chi connectivity index (χ3n) is 2.52. The Labute approximate surface area is 105 Å². The van der Waals surface area contributed by atoms with E-state index < -0.39 is 33.2 Å². The lowest BCUT2D eigenvalue weighted by Gasteiger charge is -2.32. The molecule has 1 saturated heterocycles. The van der Waals surface area contributed by atoms with Gasteiger partial charge in [-0.1, -0.05) is 0 Å². The number of carbonyl (C=O) groups excluding carboxylic acids is 2. The molecule has 98 valence electrons. The van der Waals surface area contributed by atoms with E-state index in [0.29, 0.717) is 0 Å². The Morgan fingerprint density at radius 2 is 2.06 bits per heavy atom. The highest BCUT2D eigenvalue weighted by atomic mass is 35.5. The van der Waals surface area contributed by atoms with Gasteiger partial charge in [-0.3, -0.25) is 10.1 Å². The fourth-order valence-electron chi connectivity index (χ4n) is 1.58. The zero-order valence-corrected chi connectivity index (χ0v) is 11.2. The van der Waals surface area contributed by atoms with Crippen molar-refractivity contribution in [1.82, 2.24) is 10.2 Å². The molecule has 0 radical (unpaired) electrons. The summed E-state index contributed by atoms with van der Waals surface area (Å²) < 4.78 is 22.6. The van der Waals surface area contributed by atoms with Crippen molar-refractivity contribution in [2.45, 2.75) is 25.3 Å². The van der Waals surface area contributed by atoms with Crippen LogP contribution in [0.15, 0.2) is 0 Å². The molecule has 0 aliphatic carbocycles. The van der Waals surface area contributed by atoms with E-state index in [4.69, 9.17) is 11.6 Å². The quantitative estimate of drug-likeness (QED) is 0.685. The molecule has 0 aromatic rings. The van der Waals surface area contributed by atoms with Gasteiger partial charge < -0.3 is 4.90 Å². The molecule has 0 aromatic heterocycles. The predicted octanol–water partition coefficient (Wildman–Crippen LogP) is -0.0312. The van der Waals surface area contributed by atoms with Crippen LogP contribution < -0.4 is 5.32 Å². The Kier molecular flexibility index (Phi) is 4.37. The summed E-state index contributed by atoms with van der Waals surface area (Å²) in [5.74, 6) is -0.738. The number of hydrogen-bond acceptors (Lipinski definition) is 4. The third kappa shape index (κ3) is 3.85. The topological polar surface area (TPSA) is 83.6 Å².